The zero-order chi connectivity index (χ0) is 12.6. The number of alkyl halides is 3. The minimum atomic E-state index is -4.70. The van der Waals surface area contributed by atoms with Crippen LogP contribution < -0.4 is 5.11 Å². The molecule has 4 nitrogen and oxygen atoms in total. The molecule has 0 aliphatic rings. The van der Waals surface area contributed by atoms with Crippen LogP contribution in [0.3, 0.4) is 0 Å². The minimum Gasteiger partial charge on any atom is -0.548 e. The van der Waals surface area contributed by atoms with Gasteiger partial charge in [-0.05, 0) is 12.1 Å². The first-order valence-corrected chi connectivity index (χ1v) is 4.62. The second kappa shape index (κ2) is 5.70. The second-order valence-electron chi connectivity index (χ2n) is 3.38. The number of aliphatic carboxylic acids is 1. The van der Waals surface area contributed by atoms with E-state index in [4.69, 9.17) is 0 Å². The van der Waals surface area contributed by atoms with Crippen LogP contribution in [0.5, 0.6) is 0 Å². The van der Waals surface area contributed by atoms with E-state index in [1.54, 1.807) is 0 Å². The quantitative estimate of drug-likeness (QED) is 0.750. The Bertz CT molecular complexity index is 580. The molecule has 0 spiro atoms. The van der Waals surface area contributed by atoms with Gasteiger partial charge in [0.1, 0.15) is 0 Å². The Morgan fingerprint density at radius 3 is 2.50 bits per heavy atom. The predicted octanol–water partition coefficient (Wildman–Crippen LogP) is 0.424. The number of benzene rings is 1. The van der Waals surface area contributed by atoms with E-state index in [0.717, 1.165) is 0 Å². The molecule has 2 rings (SSSR count). The van der Waals surface area contributed by atoms with Crippen molar-refractivity contribution in [1.29, 1.82) is 0 Å². The summed E-state index contributed by atoms with van der Waals surface area (Å²) < 4.78 is 38.5. The van der Waals surface area contributed by atoms with Crippen molar-refractivity contribution < 1.29 is 23.1 Å². The largest absolute Gasteiger partial charge is 0.548 e. The van der Waals surface area contributed by atoms with Gasteiger partial charge in [0.25, 0.3) is 0 Å². The van der Waals surface area contributed by atoms with E-state index in [9.17, 15) is 23.1 Å². The zero-order valence-corrected chi connectivity index (χ0v) is 12.5. The third-order valence-corrected chi connectivity index (χ3v) is 2.20. The van der Waals surface area contributed by atoms with Gasteiger partial charge in [0.15, 0.2) is 0 Å². The molecule has 1 radical (unpaired) electrons. The molecule has 0 bridgehead atoms. The van der Waals surface area contributed by atoms with Gasteiger partial charge in [0.05, 0.1) is 23.5 Å². The van der Waals surface area contributed by atoms with Gasteiger partial charge in [0.2, 0.25) is 5.82 Å². The third-order valence-electron chi connectivity index (χ3n) is 2.20. The number of carbonyl (C=O) groups is 1. The molecule has 2 aromatic rings. The molecule has 0 fully saturated rings. The SMILES string of the molecule is O=C([O-])Cn1c(C(F)(F)F)nc2ccccc21.[K]. The van der Waals surface area contributed by atoms with Crippen LogP contribution in [0.25, 0.3) is 11.0 Å². The van der Waals surface area contributed by atoms with E-state index in [-0.39, 0.29) is 62.4 Å². The number of aromatic nitrogens is 2. The number of carboxylic acid groups (broad SMARTS) is 1. The zero-order valence-electron chi connectivity index (χ0n) is 9.36. The number of fused-ring (bicyclic) bond motifs is 1. The molecule has 8 heteroatoms. The Morgan fingerprint density at radius 1 is 1.33 bits per heavy atom. The Kier molecular flexibility index (Phi) is 4.95. The van der Waals surface area contributed by atoms with Crippen molar-refractivity contribution in [2.45, 2.75) is 12.7 Å². The number of hydrogen-bond acceptors (Lipinski definition) is 3. The molecule has 1 aromatic carbocycles. The first kappa shape index (κ1) is 15.6. The van der Waals surface area contributed by atoms with Gasteiger partial charge in [-0.2, -0.15) is 13.2 Å². The summed E-state index contributed by atoms with van der Waals surface area (Å²) in [4.78, 5) is 13.8. The van der Waals surface area contributed by atoms with Crippen LogP contribution in [0.15, 0.2) is 24.3 Å². The van der Waals surface area contributed by atoms with E-state index in [1.165, 1.54) is 24.3 Å². The Balaban J connectivity index is 0.00000162. The van der Waals surface area contributed by atoms with Crippen LogP contribution in [0, 0.1) is 0 Å². The van der Waals surface area contributed by atoms with Crippen molar-refractivity contribution in [3.05, 3.63) is 30.1 Å². The maximum absolute atomic E-state index is 12.6. The first-order chi connectivity index (χ1) is 7.89. The summed E-state index contributed by atoms with van der Waals surface area (Å²) in [5, 5.41) is 10.5. The number of halogens is 3. The number of nitrogens with zero attached hydrogens (tertiary/aromatic N) is 2. The van der Waals surface area contributed by atoms with E-state index >= 15 is 0 Å². The number of carbonyl (C=O) groups excluding carboxylic acids is 1. The Labute approximate surface area is 142 Å². The van der Waals surface area contributed by atoms with Crippen LogP contribution in [0.1, 0.15) is 5.82 Å². The fourth-order valence-electron chi connectivity index (χ4n) is 1.58. The molecule has 0 unspecified atom stereocenters. The van der Waals surface area contributed by atoms with E-state index < -0.39 is 24.5 Å². The normalized spacial score (nSPS) is 11.3. The smallest absolute Gasteiger partial charge is 0.449 e. The van der Waals surface area contributed by atoms with Crippen molar-refractivity contribution >= 4 is 68.4 Å². The monoisotopic (exact) mass is 282 g/mol. The number of para-hydroxylation sites is 2. The molecule has 0 aliphatic carbocycles. The molecule has 0 saturated carbocycles. The van der Waals surface area contributed by atoms with E-state index in [0.29, 0.717) is 4.57 Å². The summed E-state index contributed by atoms with van der Waals surface area (Å²) in [7, 11) is 0. The number of imidazole rings is 1. The summed E-state index contributed by atoms with van der Waals surface area (Å²) in [5.74, 6) is -2.83. The minimum absolute atomic E-state index is 0. The van der Waals surface area contributed by atoms with Crippen LogP contribution in [-0.2, 0) is 17.5 Å². The van der Waals surface area contributed by atoms with Gasteiger partial charge >= 0.3 is 6.18 Å². The molecule has 0 aliphatic heterocycles. The Hall–Kier alpha value is -0.414. The maximum atomic E-state index is 12.6. The second-order valence-corrected chi connectivity index (χ2v) is 3.38. The molecule has 1 heterocycles. The predicted molar refractivity (Wildman–Crippen MR) is 55.5 cm³/mol. The van der Waals surface area contributed by atoms with Crippen LogP contribution >= 0.6 is 0 Å². The summed E-state index contributed by atoms with van der Waals surface area (Å²) >= 11 is 0. The van der Waals surface area contributed by atoms with E-state index in [1.807, 2.05) is 0 Å². The van der Waals surface area contributed by atoms with E-state index in [2.05, 4.69) is 4.98 Å². The fraction of sp³-hybridized carbons (Fsp3) is 0.200. The number of carboxylic acids is 1. The molecular formula is C10H6F3KN2O2-. The van der Waals surface area contributed by atoms with Crippen molar-refractivity contribution in [3.8, 4) is 0 Å². The molecule has 1 aromatic heterocycles. The van der Waals surface area contributed by atoms with Crippen molar-refractivity contribution in [3.63, 3.8) is 0 Å². The first-order valence-electron chi connectivity index (χ1n) is 4.62. The standard InChI is InChI=1S/C10H7F3N2O2.K/c11-10(12,13)9-14-6-3-1-2-4-7(6)15(9)5-8(16)17;/h1-4H,5H2,(H,16,17);/p-1. The van der Waals surface area contributed by atoms with Gasteiger partial charge < -0.3 is 14.5 Å². The molecule has 0 N–H and O–H groups in total. The average Bonchev–Trinajstić information content (AvgIpc) is 2.56. The van der Waals surface area contributed by atoms with Crippen molar-refractivity contribution in [2.75, 3.05) is 0 Å². The van der Waals surface area contributed by atoms with Crippen molar-refractivity contribution in [1.82, 2.24) is 9.55 Å². The number of rotatable bonds is 2. The van der Waals surface area contributed by atoms with Gasteiger partial charge in [-0.1, -0.05) is 12.1 Å². The molecule has 0 saturated heterocycles. The van der Waals surface area contributed by atoms with Gasteiger partial charge in [-0.25, -0.2) is 4.98 Å². The molecular weight excluding hydrogens is 276 g/mol. The molecule has 0 atom stereocenters. The molecule has 91 valence electrons. The Morgan fingerprint density at radius 2 is 1.94 bits per heavy atom. The van der Waals surface area contributed by atoms with Gasteiger partial charge in [0, 0.05) is 51.4 Å². The average molecular weight is 282 g/mol. The summed E-state index contributed by atoms with van der Waals surface area (Å²) in [6, 6.07) is 5.80. The fourth-order valence-corrected chi connectivity index (χ4v) is 1.58. The molecule has 0 amide bonds. The topological polar surface area (TPSA) is 57.9 Å². The van der Waals surface area contributed by atoms with Crippen LogP contribution in [0.4, 0.5) is 13.2 Å². The van der Waals surface area contributed by atoms with Gasteiger partial charge in [-0.15, -0.1) is 0 Å². The van der Waals surface area contributed by atoms with Crippen LogP contribution in [0.2, 0.25) is 0 Å². The third kappa shape index (κ3) is 3.12. The van der Waals surface area contributed by atoms with Crippen LogP contribution in [-0.4, -0.2) is 66.9 Å². The maximum Gasteiger partial charge on any atom is 0.449 e. The molecule has 18 heavy (non-hydrogen) atoms. The summed E-state index contributed by atoms with van der Waals surface area (Å²) in [6.07, 6.45) is -4.70. The van der Waals surface area contributed by atoms with Gasteiger partial charge in [-0.3, -0.25) is 0 Å². The number of hydrogen-bond donors (Lipinski definition) is 0. The summed E-state index contributed by atoms with van der Waals surface area (Å²) in [5.41, 5.74) is 0.213. The van der Waals surface area contributed by atoms with Crippen molar-refractivity contribution in [2.24, 2.45) is 0 Å². The summed E-state index contributed by atoms with van der Waals surface area (Å²) in [6.45, 7) is -0.880.